The molecule has 1 aliphatic carbocycles. The molecule has 1 aromatic rings. The maximum absolute atomic E-state index is 10.8. The smallest absolute Gasteiger partial charge is 0.308 e. The van der Waals surface area contributed by atoms with E-state index in [2.05, 4.69) is 0 Å². The van der Waals surface area contributed by atoms with Crippen LogP contribution in [0.2, 0.25) is 0 Å². The summed E-state index contributed by atoms with van der Waals surface area (Å²) in [6, 6.07) is 7.46. The minimum atomic E-state index is -0.315. The SMILES string of the molecule is CC(=O)Oc1ccc(OC2CCC(N)CC2)cc1. The van der Waals surface area contributed by atoms with Gasteiger partial charge in [0.25, 0.3) is 0 Å². The molecule has 18 heavy (non-hydrogen) atoms. The lowest BCUT2D eigenvalue weighted by Gasteiger charge is -2.26. The zero-order valence-electron chi connectivity index (χ0n) is 10.6. The summed E-state index contributed by atoms with van der Waals surface area (Å²) in [6.45, 7) is 1.38. The van der Waals surface area contributed by atoms with Gasteiger partial charge < -0.3 is 15.2 Å². The highest BCUT2D eigenvalue weighted by atomic mass is 16.5. The van der Waals surface area contributed by atoms with E-state index in [0.717, 1.165) is 31.4 Å². The van der Waals surface area contributed by atoms with Gasteiger partial charge >= 0.3 is 5.97 Å². The summed E-state index contributed by atoms with van der Waals surface area (Å²) in [6.07, 6.45) is 4.32. The summed E-state index contributed by atoms with van der Waals surface area (Å²) >= 11 is 0. The average molecular weight is 249 g/mol. The van der Waals surface area contributed by atoms with Crippen molar-refractivity contribution >= 4 is 5.97 Å². The summed E-state index contributed by atoms with van der Waals surface area (Å²) < 4.78 is 10.8. The molecule has 1 aliphatic rings. The van der Waals surface area contributed by atoms with Crippen LogP contribution < -0.4 is 15.2 Å². The van der Waals surface area contributed by atoms with Gasteiger partial charge in [-0.2, -0.15) is 0 Å². The standard InChI is InChI=1S/C14H19NO3/c1-10(16)17-12-6-8-14(9-7-12)18-13-4-2-11(15)3-5-13/h6-9,11,13H,2-5,15H2,1H3. The van der Waals surface area contributed by atoms with Crippen LogP contribution in [0.3, 0.4) is 0 Å². The van der Waals surface area contributed by atoms with Crippen molar-refractivity contribution in [2.75, 3.05) is 0 Å². The molecule has 0 aliphatic heterocycles. The molecule has 0 amide bonds. The lowest BCUT2D eigenvalue weighted by molar-refractivity contribution is -0.131. The van der Waals surface area contributed by atoms with E-state index in [-0.39, 0.29) is 12.1 Å². The van der Waals surface area contributed by atoms with Crippen LogP contribution in [-0.4, -0.2) is 18.1 Å². The third-order valence-corrected chi connectivity index (χ3v) is 3.11. The quantitative estimate of drug-likeness (QED) is 0.659. The minimum absolute atomic E-state index is 0.254. The van der Waals surface area contributed by atoms with Gasteiger partial charge in [0.1, 0.15) is 11.5 Å². The first-order chi connectivity index (χ1) is 8.63. The maximum atomic E-state index is 10.8. The fourth-order valence-corrected chi connectivity index (χ4v) is 2.15. The predicted octanol–water partition coefficient (Wildman–Crippen LogP) is 2.26. The highest BCUT2D eigenvalue weighted by Gasteiger charge is 2.19. The third kappa shape index (κ3) is 3.74. The van der Waals surface area contributed by atoms with Crippen molar-refractivity contribution in [1.29, 1.82) is 0 Å². The number of hydrogen-bond acceptors (Lipinski definition) is 4. The van der Waals surface area contributed by atoms with Crippen molar-refractivity contribution < 1.29 is 14.3 Å². The van der Waals surface area contributed by atoms with E-state index in [0.29, 0.717) is 11.8 Å². The number of esters is 1. The molecule has 2 N–H and O–H groups in total. The Morgan fingerprint density at radius 1 is 1.11 bits per heavy atom. The van der Waals surface area contributed by atoms with Crippen LogP contribution in [0.4, 0.5) is 0 Å². The van der Waals surface area contributed by atoms with E-state index in [1.54, 1.807) is 12.1 Å². The van der Waals surface area contributed by atoms with E-state index in [4.69, 9.17) is 15.2 Å². The lowest BCUT2D eigenvalue weighted by atomic mass is 9.94. The van der Waals surface area contributed by atoms with Crippen LogP contribution in [0, 0.1) is 0 Å². The molecular weight excluding hydrogens is 230 g/mol. The number of benzene rings is 1. The van der Waals surface area contributed by atoms with Crippen LogP contribution in [0.5, 0.6) is 11.5 Å². The number of carbonyl (C=O) groups excluding carboxylic acids is 1. The molecular formula is C14H19NO3. The number of carbonyl (C=O) groups is 1. The first-order valence-electron chi connectivity index (χ1n) is 6.34. The van der Waals surface area contributed by atoms with Gasteiger partial charge in [-0.05, 0) is 49.9 Å². The molecule has 2 rings (SSSR count). The molecule has 4 nitrogen and oxygen atoms in total. The highest BCUT2D eigenvalue weighted by molar-refractivity contribution is 5.69. The summed E-state index contributed by atoms with van der Waals surface area (Å²) in [5.74, 6) is 1.04. The van der Waals surface area contributed by atoms with Gasteiger partial charge in [-0.1, -0.05) is 0 Å². The van der Waals surface area contributed by atoms with Crippen LogP contribution in [0.25, 0.3) is 0 Å². The molecule has 0 unspecified atom stereocenters. The molecule has 0 heterocycles. The zero-order chi connectivity index (χ0) is 13.0. The second kappa shape index (κ2) is 5.87. The monoisotopic (exact) mass is 249 g/mol. The first kappa shape index (κ1) is 12.9. The fourth-order valence-electron chi connectivity index (χ4n) is 2.15. The zero-order valence-corrected chi connectivity index (χ0v) is 10.6. The van der Waals surface area contributed by atoms with E-state index < -0.39 is 0 Å². The van der Waals surface area contributed by atoms with E-state index in [1.165, 1.54) is 6.92 Å². The molecule has 0 bridgehead atoms. The van der Waals surface area contributed by atoms with Gasteiger partial charge in [0.2, 0.25) is 0 Å². The highest BCUT2D eigenvalue weighted by Crippen LogP contribution is 2.24. The second-order valence-corrected chi connectivity index (χ2v) is 4.72. The van der Waals surface area contributed by atoms with Gasteiger partial charge in [-0.3, -0.25) is 4.79 Å². The van der Waals surface area contributed by atoms with Gasteiger partial charge in [-0.25, -0.2) is 0 Å². The van der Waals surface area contributed by atoms with Crippen molar-refractivity contribution in [1.82, 2.24) is 0 Å². The molecule has 4 heteroatoms. The van der Waals surface area contributed by atoms with Crippen LogP contribution in [-0.2, 0) is 4.79 Å². The average Bonchev–Trinajstić information content (AvgIpc) is 2.34. The van der Waals surface area contributed by atoms with Gasteiger partial charge in [-0.15, -0.1) is 0 Å². The molecule has 1 aromatic carbocycles. The van der Waals surface area contributed by atoms with E-state index in [1.807, 2.05) is 12.1 Å². The van der Waals surface area contributed by atoms with Crippen molar-refractivity contribution in [3.8, 4) is 11.5 Å². The number of hydrogen-bond donors (Lipinski definition) is 1. The molecule has 1 saturated carbocycles. The van der Waals surface area contributed by atoms with Crippen molar-refractivity contribution in [3.63, 3.8) is 0 Å². The molecule has 0 saturated heterocycles. The molecule has 1 fully saturated rings. The normalized spacial score (nSPS) is 23.4. The van der Waals surface area contributed by atoms with Crippen molar-refractivity contribution in [2.24, 2.45) is 5.73 Å². The van der Waals surface area contributed by atoms with Crippen molar-refractivity contribution in [2.45, 2.75) is 44.8 Å². The minimum Gasteiger partial charge on any atom is -0.490 e. The van der Waals surface area contributed by atoms with Gasteiger partial charge in [0.15, 0.2) is 0 Å². The number of nitrogens with two attached hydrogens (primary N) is 1. The lowest BCUT2D eigenvalue weighted by Crippen LogP contribution is -2.31. The summed E-state index contributed by atoms with van der Waals surface area (Å²) in [5, 5.41) is 0. The maximum Gasteiger partial charge on any atom is 0.308 e. The van der Waals surface area contributed by atoms with Crippen molar-refractivity contribution in [3.05, 3.63) is 24.3 Å². The molecule has 0 aromatic heterocycles. The predicted molar refractivity (Wildman–Crippen MR) is 68.6 cm³/mol. The van der Waals surface area contributed by atoms with Crippen LogP contribution in [0.15, 0.2) is 24.3 Å². The van der Waals surface area contributed by atoms with E-state index >= 15 is 0 Å². The molecule has 98 valence electrons. The van der Waals surface area contributed by atoms with Gasteiger partial charge in [0, 0.05) is 13.0 Å². The first-order valence-corrected chi connectivity index (χ1v) is 6.34. The Bertz CT molecular complexity index is 394. The molecule has 0 radical (unpaired) electrons. The van der Waals surface area contributed by atoms with E-state index in [9.17, 15) is 4.79 Å². The fraction of sp³-hybridized carbons (Fsp3) is 0.500. The van der Waals surface area contributed by atoms with Gasteiger partial charge in [0.05, 0.1) is 6.10 Å². The Kier molecular flexibility index (Phi) is 4.20. The van der Waals surface area contributed by atoms with Crippen LogP contribution >= 0.6 is 0 Å². The second-order valence-electron chi connectivity index (χ2n) is 4.72. The Morgan fingerprint density at radius 2 is 1.67 bits per heavy atom. The molecule has 0 atom stereocenters. The van der Waals surface area contributed by atoms with Crippen LogP contribution in [0.1, 0.15) is 32.6 Å². The Labute approximate surface area is 107 Å². The summed E-state index contributed by atoms with van der Waals surface area (Å²) in [7, 11) is 0. The third-order valence-electron chi connectivity index (χ3n) is 3.11. The Morgan fingerprint density at radius 3 is 2.22 bits per heavy atom. The number of ether oxygens (including phenoxy) is 2. The number of rotatable bonds is 3. The summed E-state index contributed by atoms with van der Waals surface area (Å²) in [5.41, 5.74) is 5.85. The molecule has 0 spiro atoms. The Balaban J connectivity index is 1.88. The topological polar surface area (TPSA) is 61.5 Å². The largest absolute Gasteiger partial charge is 0.490 e. The Hall–Kier alpha value is -1.55. The summed E-state index contributed by atoms with van der Waals surface area (Å²) in [4.78, 5) is 10.8.